The van der Waals surface area contributed by atoms with Crippen molar-refractivity contribution in [3.05, 3.63) is 144 Å². The molecule has 40 heavy (non-hydrogen) atoms. The lowest BCUT2D eigenvalue weighted by Crippen LogP contribution is -2.64. The number of carbonyl (C=O) groups excluding carboxylic acids is 2. The van der Waals surface area contributed by atoms with Crippen molar-refractivity contribution < 1.29 is 9.59 Å². The van der Waals surface area contributed by atoms with E-state index in [9.17, 15) is 9.59 Å². The third kappa shape index (κ3) is 7.25. The molecule has 1 aliphatic rings. The first-order valence-corrected chi connectivity index (χ1v) is 14.2. The predicted octanol–water partition coefficient (Wildman–Crippen LogP) is 4.91. The summed E-state index contributed by atoms with van der Waals surface area (Å²) in [5.41, 5.74) is 4.67. The number of hydrogen-bond donors (Lipinski definition) is 1. The maximum Gasteiger partial charge on any atom is 0.312 e. The second kappa shape index (κ2) is 13.7. The molecule has 4 aromatic rings. The Hall–Kier alpha value is -4.22. The van der Waals surface area contributed by atoms with Crippen LogP contribution in [0.5, 0.6) is 0 Å². The molecule has 204 valence electrons. The molecule has 5 rings (SSSR count). The van der Waals surface area contributed by atoms with Crippen LogP contribution in [0.15, 0.2) is 121 Å². The number of benzene rings is 4. The number of carbonyl (C=O) groups is 2. The van der Waals surface area contributed by atoms with Gasteiger partial charge in [-0.05, 0) is 41.5 Å². The summed E-state index contributed by atoms with van der Waals surface area (Å²) in [4.78, 5) is 31.1. The highest BCUT2D eigenvalue weighted by atomic mass is 16.2. The fourth-order valence-electron chi connectivity index (χ4n) is 5.53. The van der Waals surface area contributed by atoms with Gasteiger partial charge in [-0.1, -0.05) is 121 Å². The number of nitrogens with zero attached hydrogens (tertiary/aromatic N) is 2. The van der Waals surface area contributed by atoms with E-state index in [1.807, 2.05) is 82.6 Å². The molecule has 4 aromatic carbocycles. The summed E-state index contributed by atoms with van der Waals surface area (Å²) in [7, 11) is 0. The standard InChI is InChI=1S/C35H37N3O2/c39-34-35(40)38(32(23-29-15-7-2-8-16-29)26-36-25-31-19-11-4-12-20-31)27-33(24-30-17-9-3-10-18-30)37(34)22-21-28-13-5-1-6-14-28/h1-20,32-33,36H,21-27H2/t32-,33-/m0/s1. The average Bonchev–Trinajstić information content (AvgIpc) is 3.00. The zero-order chi connectivity index (χ0) is 27.6. The van der Waals surface area contributed by atoms with Gasteiger partial charge in [-0.25, -0.2) is 0 Å². The molecule has 1 N–H and O–H groups in total. The molecule has 2 atom stereocenters. The third-order valence-corrected chi connectivity index (χ3v) is 7.66. The molecule has 1 heterocycles. The molecule has 1 saturated heterocycles. The normalized spacial score (nSPS) is 16.2. The van der Waals surface area contributed by atoms with Gasteiger partial charge in [0.15, 0.2) is 0 Å². The van der Waals surface area contributed by atoms with Crippen LogP contribution in [0, 0.1) is 0 Å². The average molecular weight is 532 g/mol. The molecular formula is C35H37N3O2. The zero-order valence-corrected chi connectivity index (χ0v) is 22.9. The fourth-order valence-corrected chi connectivity index (χ4v) is 5.53. The summed E-state index contributed by atoms with van der Waals surface area (Å²) in [6.07, 6.45) is 2.11. The SMILES string of the molecule is O=C1C(=O)N([C@H](CNCc2ccccc2)Cc2ccccc2)C[C@H](Cc2ccccc2)N1CCc1ccccc1. The molecule has 0 aromatic heterocycles. The summed E-state index contributed by atoms with van der Waals surface area (Å²) in [5.74, 6) is -0.802. The summed E-state index contributed by atoms with van der Waals surface area (Å²) in [5, 5.41) is 3.56. The summed E-state index contributed by atoms with van der Waals surface area (Å²) in [6, 6.07) is 40.7. The lowest BCUT2D eigenvalue weighted by molar-refractivity contribution is -0.160. The van der Waals surface area contributed by atoms with E-state index in [0.29, 0.717) is 39.0 Å². The zero-order valence-electron chi connectivity index (χ0n) is 22.9. The largest absolute Gasteiger partial charge is 0.329 e. The molecule has 2 amide bonds. The highest BCUT2D eigenvalue weighted by Gasteiger charge is 2.41. The Morgan fingerprint density at radius 3 is 1.77 bits per heavy atom. The highest BCUT2D eigenvalue weighted by Crippen LogP contribution is 2.22. The lowest BCUT2D eigenvalue weighted by atomic mass is 9.97. The molecule has 1 fully saturated rings. The molecule has 5 heteroatoms. The van der Waals surface area contributed by atoms with E-state index in [1.54, 1.807) is 0 Å². The minimum absolute atomic E-state index is 0.0938. The number of amides is 2. The van der Waals surface area contributed by atoms with Crippen molar-refractivity contribution in [3.63, 3.8) is 0 Å². The van der Waals surface area contributed by atoms with Crippen LogP contribution < -0.4 is 5.32 Å². The second-order valence-corrected chi connectivity index (χ2v) is 10.5. The quantitative estimate of drug-likeness (QED) is 0.264. The van der Waals surface area contributed by atoms with Gasteiger partial charge >= 0.3 is 11.8 Å². The summed E-state index contributed by atoms with van der Waals surface area (Å²) < 4.78 is 0. The van der Waals surface area contributed by atoms with Crippen molar-refractivity contribution in [2.45, 2.75) is 37.9 Å². The Morgan fingerprint density at radius 1 is 0.650 bits per heavy atom. The van der Waals surface area contributed by atoms with Gasteiger partial charge in [0.05, 0.1) is 6.04 Å². The van der Waals surface area contributed by atoms with Gasteiger partial charge in [0, 0.05) is 32.2 Å². The predicted molar refractivity (Wildman–Crippen MR) is 160 cm³/mol. The minimum atomic E-state index is -0.403. The van der Waals surface area contributed by atoms with Crippen molar-refractivity contribution in [2.75, 3.05) is 19.6 Å². The first-order chi connectivity index (χ1) is 19.7. The third-order valence-electron chi connectivity index (χ3n) is 7.66. The molecule has 0 saturated carbocycles. The molecular weight excluding hydrogens is 494 g/mol. The van der Waals surface area contributed by atoms with Crippen LogP contribution in [0.3, 0.4) is 0 Å². The fraction of sp³-hybridized carbons (Fsp3) is 0.257. The van der Waals surface area contributed by atoms with E-state index in [-0.39, 0.29) is 12.1 Å². The Balaban J connectivity index is 1.37. The first kappa shape index (κ1) is 27.4. The Bertz CT molecular complexity index is 1310. The van der Waals surface area contributed by atoms with Crippen LogP contribution in [-0.4, -0.2) is 53.3 Å². The molecule has 0 aliphatic carbocycles. The Kier molecular flexibility index (Phi) is 9.38. The minimum Gasteiger partial charge on any atom is -0.329 e. The number of rotatable bonds is 12. The van der Waals surface area contributed by atoms with Crippen LogP contribution in [0.2, 0.25) is 0 Å². The van der Waals surface area contributed by atoms with Crippen molar-refractivity contribution in [3.8, 4) is 0 Å². The van der Waals surface area contributed by atoms with E-state index >= 15 is 0 Å². The van der Waals surface area contributed by atoms with Crippen LogP contribution in [0.4, 0.5) is 0 Å². The smallest absolute Gasteiger partial charge is 0.312 e. The van der Waals surface area contributed by atoms with E-state index in [2.05, 4.69) is 53.8 Å². The lowest BCUT2D eigenvalue weighted by Gasteiger charge is -2.44. The molecule has 0 unspecified atom stereocenters. The molecule has 0 spiro atoms. The number of nitrogens with one attached hydrogen (secondary N) is 1. The van der Waals surface area contributed by atoms with Crippen LogP contribution >= 0.6 is 0 Å². The maximum absolute atomic E-state index is 13.7. The Labute approximate surface area is 237 Å². The summed E-state index contributed by atoms with van der Waals surface area (Å²) >= 11 is 0. The van der Waals surface area contributed by atoms with E-state index < -0.39 is 11.8 Å². The van der Waals surface area contributed by atoms with Gasteiger partial charge in [-0.15, -0.1) is 0 Å². The molecule has 1 aliphatic heterocycles. The van der Waals surface area contributed by atoms with E-state index in [0.717, 1.165) is 17.5 Å². The van der Waals surface area contributed by atoms with Gasteiger partial charge < -0.3 is 15.1 Å². The Morgan fingerprint density at radius 2 is 1.18 bits per heavy atom. The molecule has 5 nitrogen and oxygen atoms in total. The first-order valence-electron chi connectivity index (χ1n) is 14.2. The van der Waals surface area contributed by atoms with Crippen LogP contribution in [0.1, 0.15) is 22.3 Å². The second-order valence-electron chi connectivity index (χ2n) is 10.5. The highest BCUT2D eigenvalue weighted by molar-refractivity contribution is 6.35. The van der Waals surface area contributed by atoms with Crippen molar-refractivity contribution in [1.29, 1.82) is 0 Å². The van der Waals surface area contributed by atoms with Gasteiger partial charge in [0.1, 0.15) is 0 Å². The van der Waals surface area contributed by atoms with Crippen molar-refractivity contribution in [2.24, 2.45) is 0 Å². The molecule has 0 radical (unpaired) electrons. The van der Waals surface area contributed by atoms with E-state index in [1.165, 1.54) is 11.1 Å². The van der Waals surface area contributed by atoms with Gasteiger partial charge in [0.2, 0.25) is 0 Å². The van der Waals surface area contributed by atoms with Crippen molar-refractivity contribution >= 4 is 11.8 Å². The van der Waals surface area contributed by atoms with Crippen molar-refractivity contribution in [1.82, 2.24) is 15.1 Å². The van der Waals surface area contributed by atoms with Gasteiger partial charge in [0.25, 0.3) is 0 Å². The topological polar surface area (TPSA) is 52.7 Å². The van der Waals surface area contributed by atoms with Crippen LogP contribution in [0.25, 0.3) is 0 Å². The van der Waals surface area contributed by atoms with Gasteiger partial charge in [-0.3, -0.25) is 9.59 Å². The monoisotopic (exact) mass is 531 g/mol. The van der Waals surface area contributed by atoms with Crippen LogP contribution in [-0.2, 0) is 35.4 Å². The van der Waals surface area contributed by atoms with Gasteiger partial charge in [-0.2, -0.15) is 0 Å². The number of piperazine rings is 1. The summed E-state index contributed by atoms with van der Waals surface area (Å²) in [6.45, 7) is 2.35. The maximum atomic E-state index is 13.7. The van der Waals surface area contributed by atoms with E-state index in [4.69, 9.17) is 0 Å². The number of hydrogen-bond acceptors (Lipinski definition) is 3. The molecule has 0 bridgehead atoms.